The minimum absolute atomic E-state index is 0.148. The van der Waals surface area contributed by atoms with E-state index < -0.39 is 15.8 Å². The van der Waals surface area contributed by atoms with E-state index in [0.29, 0.717) is 19.6 Å². The quantitative estimate of drug-likeness (QED) is 0.797. The van der Waals surface area contributed by atoms with E-state index in [1.165, 1.54) is 28.6 Å². The van der Waals surface area contributed by atoms with Crippen LogP contribution in [-0.2, 0) is 23.0 Å². The Labute approximate surface area is 152 Å². The van der Waals surface area contributed by atoms with Crippen molar-refractivity contribution in [1.82, 2.24) is 14.2 Å². The molecule has 0 spiro atoms. The molecule has 1 aliphatic rings. The normalized spacial score (nSPS) is 17.5. The van der Waals surface area contributed by atoms with Gasteiger partial charge in [0, 0.05) is 31.6 Å². The van der Waals surface area contributed by atoms with E-state index in [4.69, 9.17) is 0 Å². The second kappa shape index (κ2) is 7.90. The Bertz CT molecular complexity index is 806. The molecular formula is C17H22FN3O2S2. The van der Waals surface area contributed by atoms with Crippen LogP contribution in [0, 0.1) is 5.82 Å². The first-order valence-corrected chi connectivity index (χ1v) is 10.7. The Balaban J connectivity index is 1.65. The lowest BCUT2D eigenvalue weighted by atomic mass is 10.3. The molecule has 2 aromatic rings. The summed E-state index contributed by atoms with van der Waals surface area (Å²) in [4.78, 5) is 6.98. The molecule has 0 bridgehead atoms. The third-order valence-corrected chi connectivity index (χ3v) is 7.24. The maximum absolute atomic E-state index is 13.0. The summed E-state index contributed by atoms with van der Waals surface area (Å²) in [6.07, 6.45) is 1.71. The number of rotatable bonds is 5. The van der Waals surface area contributed by atoms with Crippen LogP contribution in [0.4, 0.5) is 4.39 Å². The topological polar surface area (TPSA) is 53.5 Å². The number of thiazole rings is 1. The van der Waals surface area contributed by atoms with E-state index in [1.807, 2.05) is 0 Å². The summed E-state index contributed by atoms with van der Waals surface area (Å²) in [6.45, 7) is 5.26. The molecule has 0 unspecified atom stereocenters. The van der Waals surface area contributed by atoms with E-state index >= 15 is 0 Å². The highest BCUT2D eigenvalue weighted by Gasteiger charge is 2.27. The predicted octanol–water partition coefficient (Wildman–Crippen LogP) is 2.74. The Kier molecular flexibility index (Phi) is 5.83. The average Bonchev–Trinajstić information content (AvgIpc) is 2.91. The van der Waals surface area contributed by atoms with Gasteiger partial charge in [-0.3, -0.25) is 4.90 Å². The van der Waals surface area contributed by atoms with E-state index in [-0.39, 0.29) is 4.90 Å². The van der Waals surface area contributed by atoms with Gasteiger partial charge in [-0.05, 0) is 43.7 Å². The fourth-order valence-electron chi connectivity index (χ4n) is 2.91. The van der Waals surface area contributed by atoms with Crippen molar-refractivity contribution < 1.29 is 12.8 Å². The second-order valence-corrected chi connectivity index (χ2v) is 8.95. The van der Waals surface area contributed by atoms with Crippen molar-refractivity contribution in [2.45, 2.75) is 31.2 Å². The maximum Gasteiger partial charge on any atom is 0.243 e. The summed E-state index contributed by atoms with van der Waals surface area (Å²) in [5, 5.41) is 3.21. The molecule has 3 rings (SSSR count). The SMILES string of the molecule is CCc1nc(CN2CCCN(S(=O)(=O)c3ccc(F)cc3)CC2)cs1. The van der Waals surface area contributed by atoms with Crippen molar-refractivity contribution in [3.05, 3.63) is 46.2 Å². The van der Waals surface area contributed by atoms with Crippen LogP contribution in [0.2, 0.25) is 0 Å². The fraction of sp³-hybridized carbons (Fsp3) is 0.471. The van der Waals surface area contributed by atoms with Crippen LogP contribution in [0.5, 0.6) is 0 Å². The lowest BCUT2D eigenvalue weighted by Crippen LogP contribution is -2.35. The van der Waals surface area contributed by atoms with Gasteiger partial charge < -0.3 is 0 Å². The van der Waals surface area contributed by atoms with Gasteiger partial charge >= 0.3 is 0 Å². The first-order chi connectivity index (χ1) is 12.0. The van der Waals surface area contributed by atoms with Gasteiger partial charge in [0.05, 0.1) is 15.6 Å². The molecule has 1 aromatic heterocycles. The number of nitrogens with zero attached hydrogens (tertiary/aromatic N) is 3. The number of benzene rings is 1. The third-order valence-electron chi connectivity index (χ3n) is 4.29. The summed E-state index contributed by atoms with van der Waals surface area (Å²) in [6, 6.07) is 5.03. The lowest BCUT2D eigenvalue weighted by molar-refractivity contribution is 0.276. The third kappa shape index (κ3) is 4.44. The predicted molar refractivity (Wildman–Crippen MR) is 96.5 cm³/mol. The zero-order valence-corrected chi connectivity index (χ0v) is 15.8. The van der Waals surface area contributed by atoms with Crippen molar-refractivity contribution >= 4 is 21.4 Å². The first-order valence-electron chi connectivity index (χ1n) is 8.40. The van der Waals surface area contributed by atoms with Crippen molar-refractivity contribution in [3.63, 3.8) is 0 Å². The summed E-state index contributed by atoms with van der Waals surface area (Å²) < 4.78 is 40.0. The van der Waals surface area contributed by atoms with Gasteiger partial charge in [0.25, 0.3) is 0 Å². The van der Waals surface area contributed by atoms with E-state index in [0.717, 1.165) is 36.6 Å². The molecule has 0 atom stereocenters. The lowest BCUT2D eigenvalue weighted by Gasteiger charge is -2.21. The van der Waals surface area contributed by atoms with Gasteiger partial charge in [0.1, 0.15) is 5.82 Å². The Morgan fingerprint density at radius 3 is 2.60 bits per heavy atom. The molecule has 136 valence electrons. The van der Waals surface area contributed by atoms with Crippen molar-refractivity contribution in [2.75, 3.05) is 26.2 Å². The van der Waals surface area contributed by atoms with Crippen LogP contribution in [0.3, 0.4) is 0 Å². The Morgan fingerprint density at radius 2 is 1.92 bits per heavy atom. The molecule has 25 heavy (non-hydrogen) atoms. The summed E-state index contributed by atoms with van der Waals surface area (Å²) in [5.74, 6) is -0.435. The average molecular weight is 384 g/mol. The minimum Gasteiger partial charge on any atom is -0.296 e. The summed E-state index contributed by atoms with van der Waals surface area (Å²) >= 11 is 1.67. The number of hydrogen-bond donors (Lipinski definition) is 0. The molecule has 1 aliphatic heterocycles. The van der Waals surface area contributed by atoms with Crippen molar-refractivity contribution in [3.8, 4) is 0 Å². The van der Waals surface area contributed by atoms with E-state index in [2.05, 4.69) is 22.2 Å². The van der Waals surface area contributed by atoms with Gasteiger partial charge in [-0.1, -0.05) is 6.92 Å². The maximum atomic E-state index is 13.0. The summed E-state index contributed by atoms with van der Waals surface area (Å²) in [5.41, 5.74) is 1.05. The highest BCUT2D eigenvalue weighted by Crippen LogP contribution is 2.19. The molecule has 1 aromatic carbocycles. The number of hydrogen-bond acceptors (Lipinski definition) is 5. The number of halogens is 1. The molecule has 0 N–H and O–H groups in total. The zero-order chi connectivity index (χ0) is 17.9. The van der Waals surface area contributed by atoms with Gasteiger partial charge in [-0.25, -0.2) is 17.8 Å². The highest BCUT2D eigenvalue weighted by atomic mass is 32.2. The minimum atomic E-state index is -3.57. The Hall–Kier alpha value is -1.35. The van der Waals surface area contributed by atoms with Crippen LogP contribution in [0.15, 0.2) is 34.5 Å². The second-order valence-electron chi connectivity index (χ2n) is 6.07. The van der Waals surface area contributed by atoms with Crippen molar-refractivity contribution in [2.24, 2.45) is 0 Å². The van der Waals surface area contributed by atoms with E-state index in [1.54, 1.807) is 11.3 Å². The molecule has 0 amide bonds. The molecule has 8 heteroatoms. The molecule has 0 radical (unpaired) electrons. The molecular weight excluding hydrogens is 361 g/mol. The highest BCUT2D eigenvalue weighted by molar-refractivity contribution is 7.89. The van der Waals surface area contributed by atoms with Crippen LogP contribution in [-0.4, -0.2) is 48.8 Å². The molecule has 1 fully saturated rings. The number of aromatic nitrogens is 1. The van der Waals surface area contributed by atoms with Gasteiger partial charge in [-0.15, -0.1) is 11.3 Å². The smallest absolute Gasteiger partial charge is 0.243 e. The van der Waals surface area contributed by atoms with Crippen LogP contribution in [0.25, 0.3) is 0 Å². The van der Waals surface area contributed by atoms with Crippen molar-refractivity contribution in [1.29, 1.82) is 0 Å². The summed E-state index contributed by atoms with van der Waals surface area (Å²) in [7, 11) is -3.57. The number of sulfonamides is 1. The molecule has 2 heterocycles. The molecule has 0 aliphatic carbocycles. The van der Waals surface area contributed by atoms with Gasteiger partial charge in [-0.2, -0.15) is 4.31 Å². The number of aryl methyl sites for hydroxylation is 1. The zero-order valence-electron chi connectivity index (χ0n) is 14.2. The molecule has 5 nitrogen and oxygen atoms in total. The van der Waals surface area contributed by atoms with Gasteiger partial charge in [0.2, 0.25) is 10.0 Å². The van der Waals surface area contributed by atoms with Gasteiger partial charge in [0.15, 0.2) is 0 Å². The standard InChI is InChI=1S/C17H22FN3O2S2/c1-2-17-19-15(13-24-17)12-20-8-3-9-21(11-10-20)25(22,23)16-6-4-14(18)5-7-16/h4-7,13H,2-3,8-12H2,1H3. The molecule has 1 saturated heterocycles. The monoisotopic (exact) mass is 383 g/mol. The van der Waals surface area contributed by atoms with Crippen LogP contribution >= 0.6 is 11.3 Å². The Morgan fingerprint density at radius 1 is 1.16 bits per heavy atom. The largest absolute Gasteiger partial charge is 0.296 e. The first kappa shape index (κ1) is 18.4. The molecule has 0 saturated carbocycles. The van der Waals surface area contributed by atoms with E-state index in [9.17, 15) is 12.8 Å². The fourth-order valence-corrected chi connectivity index (χ4v) is 5.12. The van der Waals surface area contributed by atoms with Crippen LogP contribution in [0.1, 0.15) is 24.0 Å². The van der Waals surface area contributed by atoms with Crippen LogP contribution < -0.4 is 0 Å².